The van der Waals surface area contributed by atoms with Gasteiger partial charge >= 0.3 is 11.9 Å². The predicted octanol–water partition coefficient (Wildman–Crippen LogP) is 7.95. The summed E-state index contributed by atoms with van der Waals surface area (Å²) < 4.78 is 21.5. The molecular weight excluding hydrogens is 642 g/mol. The topological polar surface area (TPSA) is 126 Å². The molecule has 1 aromatic heterocycles. The molecule has 0 spiro atoms. The summed E-state index contributed by atoms with van der Waals surface area (Å²) >= 11 is 0. The van der Waals surface area contributed by atoms with Crippen LogP contribution in [0.3, 0.4) is 0 Å². The first-order valence-corrected chi connectivity index (χ1v) is 19.9. The highest BCUT2D eigenvalue weighted by Gasteiger charge is 2.72. The summed E-state index contributed by atoms with van der Waals surface area (Å²) in [5.41, 5.74) is 6.15. The maximum atomic E-state index is 13.6. The van der Waals surface area contributed by atoms with Gasteiger partial charge in [0.05, 0.1) is 44.5 Å². The van der Waals surface area contributed by atoms with E-state index in [1.165, 1.54) is 5.57 Å². The Morgan fingerprint density at radius 1 is 1.10 bits per heavy atom. The quantitative estimate of drug-likeness (QED) is 0.185. The lowest BCUT2D eigenvalue weighted by molar-refractivity contribution is -0.253. The van der Waals surface area contributed by atoms with Crippen LogP contribution < -0.4 is 5.73 Å². The normalized spacial score (nSPS) is 42.2. The van der Waals surface area contributed by atoms with Gasteiger partial charge in [-0.3, -0.25) is 4.79 Å². The van der Waals surface area contributed by atoms with E-state index in [2.05, 4.69) is 80.3 Å². The minimum absolute atomic E-state index is 0.169. The fourth-order valence-corrected chi connectivity index (χ4v) is 12.5. The average Bonchev–Trinajstić information content (AvgIpc) is 3.54. The van der Waals surface area contributed by atoms with Gasteiger partial charge in [-0.2, -0.15) is 0 Å². The van der Waals surface area contributed by atoms with E-state index in [0.717, 1.165) is 32.1 Å². The van der Waals surface area contributed by atoms with Crippen LogP contribution in [0.25, 0.3) is 0 Å². The van der Waals surface area contributed by atoms with E-state index in [0.29, 0.717) is 43.9 Å². The molecule has 51 heavy (non-hydrogen) atoms. The van der Waals surface area contributed by atoms with Crippen LogP contribution in [0, 0.1) is 62.6 Å². The molecule has 3 saturated carbocycles. The smallest absolute Gasteiger partial charge is 0.374 e. The molecule has 0 radical (unpaired) electrons. The summed E-state index contributed by atoms with van der Waals surface area (Å²) in [5.74, 6) is 0.0993. The summed E-state index contributed by atoms with van der Waals surface area (Å²) in [7, 11) is 0. The highest BCUT2D eigenvalue weighted by molar-refractivity contribution is 5.85. The first-order valence-electron chi connectivity index (χ1n) is 19.9. The lowest BCUT2D eigenvalue weighted by Crippen LogP contribution is -2.70. The number of allylic oxidation sites excluding steroid dienone is 1. The molecule has 1 aromatic rings. The summed E-state index contributed by atoms with van der Waals surface area (Å²) in [6.45, 7) is 26.0. The third kappa shape index (κ3) is 5.51. The van der Waals surface area contributed by atoms with Crippen LogP contribution >= 0.6 is 0 Å². The third-order valence-electron chi connectivity index (χ3n) is 16.4. The van der Waals surface area contributed by atoms with Gasteiger partial charge in [0.1, 0.15) is 0 Å². The van der Waals surface area contributed by atoms with Crippen molar-refractivity contribution in [2.45, 2.75) is 132 Å². The number of imidazole rings is 1. The number of nitrogens with two attached hydrogens (primary N) is 1. The van der Waals surface area contributed by atoms with Crippen molar-refractivity contribution >= 4 is 11.9 Å². The van der Waals surface area contributed by atoms with Gasteiger partial charge in [0.25, 0.3) is 0 Å². The van der Waals surface area contributed by atoms with Crippen molar-refractivity contribution in [3.8, 4) is 0 Å². The molecular formula is C42H67N3O6. The minimum Gasteiger partial charge on any atom is -0.481 e. The number of nitrogens with zero attached hydrogens (tertiary/aromatic N) is 2. The molecule has 2 bridgehead atoms. The molecule has 9 heteroatoms. The highest BCUT2D eigenvalue weighted by Crippen LogP contribution is 2.75. The number of esters is 1. The maximum absolute atomic E-state index is 13.6. The van der Waals surface area contributed by atoms with E-state index in [-0.39, 0.29) is 52.8 Å². The summed E-state index contributed by atoms with van der Waals surface area (Å²) in [6, 6.07) is -0.200. The SMILES string of the molecule is CCOC(=O)c1nccn1[C@@H]1C[C@]2(C)COC[C@@]3(C4=CC[C@@]5(C)[C@H](C(=O)O)[C@@](C)([C@H](C)C(C)C)CC[C@]5(C)[C@H]4CC[C@H]23)[C@H]1OC[C@](C)(N)C(C)C. The Bertz CT molecular complexity index is 1530. The number of aromatic nitrogens is 2. The fourth-order valence-electron chi connectivity index (χ4n) is 12.5. The van der Waals surface area contributed by atoms with E-state index in [4.69, 9.17) is 19.9 Å². The average molecular weight is 710 g/mol. The van der Waals surface area contributed by atoms with Crippen molar-refractivity contribution in [2.24, 2.45) is 68.3 Å². The van der Waals surface area contributed by atoms with E-state index >= 15 is 0 Å². The van der Waals surface area contributed by atoms with E-state index < -0.39 is 34.2 Å². The Balaban J connectivity index is 1.53. The van der Waals surface area contributed by atoms with Crippen molar-refractivity contribution in [3.05, 3.63) is 29.9 Å². The second-order valence-corrected chi connectivity index (χ2v) is 19.4. The molecule has 0 aromatic carbocycles. The van der Waals surface area contributed by atoms with Crippen LogP contribution in [-0.2, 0) is 19.0 Å². The molecule has 3 N–H and O–H groups in total. The minimum atomic E-state index is -0.655. The van der Waals surface area contributed by atoms with Gasteiger partial charge in [-0.15, -0.1) is 0 Å². The molecule has 6 rings (SSSR count). The number of rotatable bonds is 10. The molecule has 0 amide bonds. The largest absolute Gasteiger partial charge is 0.481 e. The van der Waals surface area contributed by atoms with Crippen molar-refractivity contribution in [2.75, 3.05) is 26.4 Å². The number of carboxylic acids is 1. The van der Waals surface area contributed by atoms with E-state index in [9.17, 15) is 14.7 Å². The number of carbonyl (C=O) groups excluding carboxylic acids is 1. The molecule has 4 fully saturated rings. The van der Waals surface area contributed by atoms with Gasteiger partial charge in [0.2, 0.25) is 5.82 Å². The number of fused-ring (bicyclic) bond motifs is 3. The zero-order chi connectivity index (χ0) is 37.5. The Kier molecular flexibility index (Phi) is 9.79. The van der Waals surface area contributed by atoms with E-state index in [1.807, 2.05) is 17.7 Å². The van der Waals surface area contributed by atoms with Crippen molar-refractivity contribution < 1.29 is 28.9 Å². The maximum Gasteiger partial charge on any atom is 0.374 e. The molecule has 12 atom stereocenters. The number of ether oxygens (including phenoxy) is 3. The second kappa shape index (κ2) is 13.0. The lowest BCUT2D eigenvalue weighted by atomic mass is 9.34. The lowest BCUT2D eigenvalue weighted by Gasteiger charge is -2.71. The number of hydrogen-bond acceptors (Lipinski definition) is 7. The number of hydrogen-bond donors (Lipinski definition) is 2. The highest BCUT2D eigenvalue weighted by atomic mass is 16.5. The van der Waals surface area contributed by atoms with Crippen molar-refractivity contribution in [3.63, 3.8) is 0 Å². The Hall–Kier alpha value is -2.23. The zero-order valence-corrected chi connectivity index (χ0v) is 33.4. The monoisotopic (exact) mass is 710 g/mol. The van der Waals surface area contributed by atoms with Crippen LogP contribution in [0.15, 0.2) is 24.0 Å². The Morgan fingerprint density at radius 2 is 1.80 bits per heavy atom. The molecule has 1 aliphatic heterocycles. The van der Waals surface area contributed by atoms with Crippen LogP contribution in [0.1, 0.15) is 131 Å². The molecule has 4 aliphatic carbocycles. The van der Waals surface area contributed by atoms with Gasteiger partial charge in [0, 0.05) is 23.3 Å². The van der Waals surface area contributed by atoms with Crippen molar-refractivity contribution in [1.82, 2.24) is 9.55 Å². The van der Waals surface area contributed by atoms with E-state index in [1.54, 1.807) is 6.20 Å². The van der Waals surface area contributed by atoms with Gasteiger partial charge in [-0.05, 0) is 104 Å². The summed E-state index contributed by atoms with van der Waals surface area (Å²) in [4.78, 5) is 31.4. The molecule has 0 unspecified atom stereocenters. The molecule has 9 nitrogen and oxygen atoms in total. The molecule has 5 aliphatic rings. The van der Waals surface area contributed by atoms with Gasteiger partial charge in [0.15, 0.2) is 0 Å². The molecule has 1 saturated heterocycles. The third-order valence-corrected chi connectivity index (χ3v) is 16.4. The van der Waals surface area contributed by atoms with Gasteiger partial charge in [-0.25, -0.2) is 9.78 Å². The summed E-state index contributed by atoms with van der Waals surface area (Å²) in [5, 5.41) is 11.1. The van der Waals surface area contributed by atoms with Crippen LogP contribution in [0.5, 0.6) is 0 Å². The fraction of sp³-hybridized carbons (Fsp3) is 0.833. The van der Waals surface area contributed by atoms with Crippen LogP contribution in [0.2, 0.25) is 0 Å². The van der Waals surface area contributed by atoms with Crippen LogP contribution in [-0.4, -0.2) is 64.7 Å². The number of carbonyl (C=O) groups is 2. The molecule has 2 heterocycles. The van der Waals surface area contributed by atoms with Gasteiger partial charge in [-0.1, -0.05) is 74.0 Å². The van der Waals surface area contributed by atoms with Crippen molar-refractivity contribution in [1.29, 1.82) is 0 Å². The number of carboxylic acid groups (broad SMARTS) is 1. The molecule has 286 valence electrons. The predicted molar refractivity (Wildman–Crippen MR) is 198 cm³/mol. The Morgan fingerprint density at radius 3 is 2.43 bits per heavy atom. The first kappa shape index (κ1) is 38.5. The number of aliphatic carboxylic acids is 1. The zero-order valence-electron chi connectivity index (χ0n) is 33.4. The second-order valence-electron chi connectivity index (χ2n) is 19.4. The first-order chi connectivity index (χ1) is 23.7. The van der Waals surface area contributed by atoms with Crippen LogP contribution in [0.4, 0.5) is 0 Å². The summed E-state index contributed by atoms with van der Waals surface area (Å²) in [6.07, 6.45) is 11.1. The van der Waals surface area contributed by atoms with Gasteiger partial charge < -0.3 is 29.6 Å². The standard InChI is InChI=1S/C42H67N3O6/c1-12-50-36(48)34-44-19-20-45(34)30-21-37(7)22-49-24-42(33(30)51-23-41(11,43)26(4)5)29-15-16-40(10)32(35(46)47)38(8,27(6)25(2)3)17-18-39(40,9)28(29)13-14-31(37)42/h15,19-20,25-28,30-33H,12-14,16-18,21-24,43H2,1-11H3,(H,46,47)/t27-,28+,30-,31-,32-,33+,37-,38-,39-,40+,41+,42+/m1/s1. The Labute approximate surface area is 306 Å².